The minimum atomic E-state index is -1.05. The monoisotopic (exact) mass is 405 g/mol. The van der Waals surface area contributed by atoms with Gasteiger partial charge in [0.1, 0.15) is 19.3 Å². The highest BCUT2D eigenvalue weighted by atomic mass is 16.6. The van der Waals surface area contributed by atoms with Crippen LogP contribution in [0.15, 0.2) is 42.9 Å². The lowest BCUT2D eigenvalue weighted by molar-refractivity contribution is -0.392. The van der Waals surface area contributed by atoms with Gasteiger partial charge in [-0.25, -0.2) is 9.55 Å². The number of carbonyl (C=O) groups is 2. The summed E-state index contributed by atoms with van der Waals surface area (Å²) in [6.45, 7) is 4.30. The van der Waals surface area contributed by atoms with E-state index in [4.69, 9.17) is 9.84 Å². The molecule has 1 aromatic carbocycles. The molecule has 1 amide bonds. The summed E-state index contributed by atoms with van der Waals surface area (Å²) in [6, 6.07) is 8.47. The number of carboxylic acid groups (broad SMARTS) is 1. The van der Waals surface area contributed by atoms with Gasteiger partial charge in [-0.3, -0.25) is 14.5 Å². The molecule has 0 atom stereocenters. The number of carboxylic acids is 1. The molecule has 2 heterocycles. The Morgan fingerprint density at radius 3 is 2.52 bits per heavy atom. The fraction of sp³-hybridized carbons (Fsp3) is 0.389. The largest absolute Gasteiger partial charge is 0.480 e. The summed E-state index contributed by atoms with van der Waals surface area (Å²) in [5.74, 6) is -1.37. The van der Waals surface area contributed by atoms with Crippen LogP contribution in [0.5, 0.6) is 0 Å². The minimum Gasteiger partial charge on any atom is -0.480 e. The molecule has 0 spiro atoms. The highest BCUT2D eigenvalue weighted by Crippen LogP contribution is 2.09. The highest BCUT2D eigenvalue weighted by molar-refractivity contribution is 5.95. The second kappa shape index (κ2) is 11.5. The van der Waals surface area contributed by atoms with Crippen molar-refractivity contribution < 1.29 is 24.4 Å². The number of nitrogens with one attached hydrogen (secondary N) is 1. The van der Waals surface area contributed by atoms with Crippen molar-refractivity contribution >= 4 is 17.7 Å². The van der Waals surface area contributed by atoms with Crippen LogP contribution in [0.25, 0.3) is 0 Å². The Kier molecular flexibility index (Phi) is 8.73. The van der Waals surface area contributed by atoms with E-state index in [9.17, 15) is 19.7 Å². The number of imidazole rings is 1. The zero-order valence-corrected chi connectivity index (χ0v) is 15.8. The van der Waals surface area contributed by atoms with E-state index in [2.05, 4.69) is 15.2 Å². The quantitative estimate of drug-likeness (QED) is 0.505. The first-order chi connectivity index (χ1) is 14.0. The van der Waals surface area contributed by atoms with E-state index in [-0.39, 0.29) is 18.3 Å². The summed E-state index contributed by atoms with van der Waals surface area (Å²) >= 11 is 0. The number of benzene rings is 1. The smallest absolute Gasteiger partial charge is 0.342 e. The van der Waals surface area contributed by atoms with E-state index in [1.165, 1.54) is 12.5 Å². The van der Waals surface area contributed by atoms with Crippen LogP contribution in [0.1, 0.15) is 10.4 Å². The Morgan fingerprint density at radius 1 is 1.21 bits per heavy atom. The van der Waals surface area contributed by atoms with Crippen LogP contribution in [0.3, 0.4) is 0 Å². The Labute approximate surface area is 167 Å². The highest BCUT2D eigenvalue weighted by Gasteiger charge is 2.15. The van der Waals surface area contributed by atoms with Crippen molar-refractivity contribution in [3.8, 4) is 0 Å². The third-order valence-electron chi connectivity index (χ3n) is 4.07. The molecule has 11 heteroatoms. The van der Waals surface area contributed by atoms with Gasteiger partial charge >= 0.3 is 11.8 Å². The molecule has 29 heavy (non-hydrogen) atoms. The molecule has 11 nitrogen and oxygen atoms in total. The number of hydrogen-bond acceptors (Lipinski definition) is 7. The number of carbonyl (C=O) groups excluding carboxylic acids is 1. The molecule has 0 unspecified atom stereocenters. The predicted octanol–water partition coefficient (Wildman–Crippen LogP) is 0.624. The molecule has 0 bridgehead atoms. The predicted molar refractivity (Wildman–Crippen MR) is 103 cm³/mol. The SMILES string of the molecule is O=C(O)CNC(=O)c1ccccc1.O=[N+]([O-])c1cncn1CCN1CCOCC1. The Morgan fingerprint density at radius 2 is 1.90 bits per heavy atom. The van der Waals surface area contributed by atoms with Crippen LogP contribution in [0.4, 0.5) is 5.82 Å². The number of hydrogen-bond donors (Lipinski definition) is 2. The van der Waals surface area contributed by atoms with Crippen molar-refractivity contribution in [2.24, 2.45) is 0 Å². The Hall–Kier alpha value is -3.31. The number of rotatable bonds is 7. The van der Waals surface area contributed by atoms with Gasteiger partial charge in [-0.2, -0.15) is 0 Å². The zero-order chi connectivity index (χ0) is 21.1. The summed E-state index contributed by atoms with van der Waals surface area (Å²) in [4.78, 5) is 37.5. The number of amides is 1. The topological polar surface area (TPSA) is 140 Å². The first-order valence-corrected chi connectivity index (χ1v) is 8.97. The van der Waals surface area contributed by atoms with Crippen LogP contribution >= 0.6 is 0 Å². The van der Waals surface area contributed by atoms with Crippen LogP contribution in [0.2, 0.25) is 0 Å². The number of nitro groups is 1. The molecule has 1 aromatic heterocycles. The first kappa shape index (κ1) is 22.0. The minimum absolute atomic E-state index is 0.0493. The van der Waals surface area contributed by atoms with Crippen LogP contribution in [0, 0.1) is 10.1 Å². The van der Waals surface area contributed by atoms with Gasteiger partial charge in [-0.05, 0) is 17.1 Å². The van der Waals surface area contributed by atoms with Crippen molar-refractivity contribution in [2.75, 3.05) is 39.4 Å². The van der Waals surface area contributed by atoms with Crippen molar-refractivity contribution in [2.45, 2.75) is 6.54 Å². The second-order valence-electron chi connectivity index (χ2n) is 6.10. The van der Waals surface area contributed by atoms with Gasteiger partial charge in [0.05, 0.1) is 13.2 Å². The van der Waals surface area contributed by atoms with Gasteiger partial charge in [-0.15, -0.1) is 0 Å². The van der Waals surface area contributed by atoms with E-state index in [1.807, 2.05) is 0 Å². The normalized spacial score (nSPS) is 13.8. The van der Waals surface area contributed by atoms with E-state index < -0.39 is 10.9 Å². The number of aromatic nitrogens is 2. The van der Waals surface area contributed by atoms with E-state index in [0.29, 0.717) is 12.1 Å². The van der Waals surface area contributed by atoms with Gasteiger partial charge in [0, 0.05) is 25.2 Å². The number of ether oxygens (including phenoxy) is 1. The van der Waals surface area contributed by atoms with Gasteiger partial charge in [0.15, 0.2) is 6.33 Å². The molecule has 0 radical (unpaired) electrons. The Bertz CT molecular complexity index is 804. The van der Waals surface area contributed by atoms with Gasteiger partial charge in [-0.1, -0.05) is 18.2 Å². The third-order valence-corrected chi connectivity index (χ3v) is 4.07. The summed E-state index contributed by atoms with van der Waals surface area (Å²) in [5.41, 5.74) is 0.462. The fourth-order valence-corrected chi connectivity index (χ4v) is 2.56. The molecule has 1 saturated heterocycles. The standard InChI is InChI=1S/C9H14N4O3.C9H9NO3/c14-13(15)9-7-10-8-12(9)2-1-11-3-5-16-6-4-11;11-8(12)6-10-9(13)7-4-2-1-3-5-7/h7-8H,1-6H2;1-5H,6H2,(H,10,13)(H,11,12). The molecule has 0 saturated carbocycles. The number of morpholine rings is 1. The molecule has 156 valence electrons. The lowest BCUT2D eigenvalue weighted by atomic mass is 10.2. The molecular formula is C18H23N5O6. The molecule has 1 aliphatic heterocycles. The molecule has 1 fully saturated rings. The number of aliphatic carboxylic acids is 1. The van der Waals surface area contributed by atoms with Gasteiger partial charge in [0.2, 0.25) is 0 Å². The third kappa shape index (κ3) is 7.68. The first-order valence-electron chi connectivity index (χ1n) is 8.97. The second-order valence-corrected chi connectivity index (χ2v) is 6.10. The lowest BCUT2D eigenvalue weighted by Crippen LogP contribution is -2.38. The van der Waals surface area contributed by atoms with Gasteiger partial charge in [0.25, 0.3) is 5.91 Å². The fourth-order valence-electron chi connectivity index (χ4n) is 2.56. The van der Waals surface area contributed by atoms with Crippen molar-refractivity contribution in [1.82, 2.24) is 19.8 Å². The molecule has 2 N–H and O–H groups in total. The van der Waals surface area contributed by atoms with Crippen molar-refractivity contribution in [3.63, 3.8) is 0 Å². The van der Waals surface area contributed by atoms with Crippen LogP contribution in [-0.2, 0) is 16.1 Å². The van der Waals surface area contributed by atoms with Crippen LogP contribution < -0.4 is 5.32 Å². The maximum atomic E-state index is 11.2. The summed E-state index contributed by atoms with van der Waals surface area (Å²) in [6.07, 6.45) is 2.78. The average molecular weight is 405 g/mol. The summed E-state index contributed by atoms with van der Waals surface area (Å²) in [5, 5.41) is 21.2. The van der Waals surface area contributed by atoms with Crippen molar-refractivity contribution in [3.05, 3.63) is 58.5 Å². The zero-order valence-electron chi connectivity index (χ0n) is 15.8. The van der Waals surface area contributed by atoms with Crippen LogP contribution in [-0.4, -0.2) is 75.8 Å². The van der Waals surface area contributed by atoms with Gasteiger partial charge < -0.3 is 25.3 Å². The van der Waals surface area contributed by atoms with E-state index in [1.54, 1.807) is 34.9 Å². The summed E-state index contributed by atoms with van der Waals surface area (Å²) in [7, 11) is 0. The maximum absolute atomic E-state index is 11.2. The Balaban J connectivity index is 0.000000212. The lowest BCUT2D eigenvalue weighted by Gasteiger charge is -2.25. The van der Waals surface area contributed by atoms with E-state index in [0.717, 1.165) is 32.8 Å². The molecule has 0 aliphatic carbocycles. The average Bonchev–Trinajstić information content (AvgIpc) is 3.21. The molecular weight excluding hydrogens is 382 g/mol. The van der Waals surface area contributed by atoms with E-state index >= 15 is 0 Å². The summed E-state index contributed by atoms with van der Waals surface area (Å²) < 4.78 is 6.79. The maximum Gasteiger partial charge on any atom is 0.342 e. The number of nitrogens with zero attached hydrogens (tertiary/aromatic N) is 4. The van der Waals surface area contributed by atoms with Crippen molar-refractivity contribution in [1.29, 1.82) is 0 Å². The molecule has 1 aliphatic rings. The molecule has 2 aromatic rings. The molecule has 3 rings (SSSR count).